The fourth-order valence-electron chi connectivity index (χ4n) is 4.18. The van der Waals surface area contributed by atoms with Gasteiger partial charge in [-0.2, -0.15) is 0 Å². The fraction of sp³-hybridized carbons (Fsp3) is 0.538. The standard InChI is InChI=1S/C26H41N3/c1-7-13-21-19-23(15-17-25(21)28(9-3)10-4)27-24-16-18-26(29(11-5)12-6)22(20-24)14-8-2/h15-20,27H,7-14H2,1-6H3. The number of hydrogen-bond acceptors (Lipinski definition) is 3. The molecule has 0 unspecified atom stereocenters. The van der Waals surface area contributed by atoms with Gasteiger partial charge in [-0.25, -0.2) is 0 Å². The third-order valence-electron chi connectivity index (χ3n) is 5.69. The van der Waals surface area contributed by atoms with Crippen molar-refractivity contribution in [3.8, 4) is 0 Å². The van der Waals surface area contributed by atoms with E-state index in [9.17, 15) is 0 Å². The molecule has 0 aromatic heterocycles. The minimum absolute atomic E-state index is 1.05. The second-order valence-corrected chi connectivity index (χ2v) is 7.66. The number of nitrogens with one attached hydrogen (secondary N) is 1. The van der Waals surface area contributed by atoms with Gasteiger partial charge in [0.1, 0.15) is 0 Å². The minimum atomic E-state index is 1.05. The first-order valence-corrected chi connectivity index (χ1v) is 11.6. The maximum Gasteiger partial charge on any atom is 0.0400 e. The number of hydrogen-bond donors (Lipinski definition) is 1. The average molecular weight is 396 g/mol. The third kappa shape index (κ3) is 5.91. The average Bonchev–Trinajstić information content (AvgIpc) is 2.73. The van der Waals surface area contributed by atoms with Crippen LogP contribution in [0.1, 0.15) is 65.5 Å². The molecule has 160 valence electrons. The van der Waals surface area contributed by atoms with E-state index in [1.54, 1.807) is 0 Å². The molecule has 0 aliphatic carbocycles. The molecule has 2 aromatic carbocycles. The summed E-state index contributed by atoms with van der Waals surface area (Å²) < 4.78 is 0. The van der Waals surface area contributed by atoms with Crippen LogP contribution in [0, 0.1) is 0 Å². The van der Waals surface area contributed by atoms with Crippen LogP contribution in [0.4, 0.5) is 22.7 Å². The van der Waals surface area contributed by atoms with Gasteiger partial charge in [0, 0.05) is 48.9 Å². The molecular weight excluding hydrogens is 354 g/mol. The van der Waals surface area contributed by atoms with Gasteiger partial charge in [0.15, 0.2) is 0 Å². The molecule has 0 atom stereocenters. The van der Waals surface area contributed by atoms with Crippen molar-refractivity contribution in [1.82, 2.24) is 0 Å². The van der Waals surface area contributed by atoms with E-state index < -0.39 is 0 Å². The third-order valence-corrected chi connectivity index (χ3v) is 5.69. The quantitative estimate of drug-likeness (QED) is 0.416. The van der Waals surface area contributed by atoms with Crippen molar-refractivity contribution in [2.75, 3.05) is 41.3 Å². The van der Waals surface area contributed by atoms with E-state index in [0.29, 0.717) is 0 Å². The van der Waals surface area contributed by atoms with E-state index in [4.69, 9.17) is 0 Å². The molecule has 0 saturated carbocycles. The Balaban J connectivity index is 2.32. The van der Waals surface area contributed by atoms with Gasteiger partial charge in [0.2, 0.25) is 0 Å². The molecule has 0 bridgehead atoms. The van der Waals surface area contributed by atoms with Gasteiger partial charge in [-0.05, 0) is 88.1 Å². The molecule has 3 heteroatoms. The first-order valence-electron chi connectivity index (χ1n) is 11.6. The molecule has 0 amide bonds. The molecular formula is C26H41N3. The highest BCUT2D eigenvalue weighted by molar-refractivity contribution is 5.69. The van der Waals surface area contributed by atoms with Crippen LogP contribution in [0.25, 0.3) is 0 Å². The Bertz CT molecular complexity index is 682. The van der Waals surface area contributed by atoms with Gasteiger partial charge in [0.25, 0.3) is 0 Å². The lowest BCUT2D eigenvalue weighted by Gasteiger charge is -2.26. The summed E-state index contributed by atoms with van der Waals surface area (Å²) in [5.41, 5.74) is 8.01. The molecule has 0 aliphatic heterocycles. The van der Waals surface area contributed by atoms with E-state index >= 15 is 0 Å². The lowest BCUT2D eigenvalue weighted by atomic mass is 10.0. The Morgan fingerprint density at radius 2 is 0.966 bits per heavy atom. The predicted octanol–water partition coefficient (Wildman–Crippen LogP) is 7.03. The summed E-state index contributed by atoms with van der Waals surface area (Å²) in [6.45, 7) is 17.7. The zero-order valence-electron chi connectivity index (χ0n) is 19.5. The lowest BCUT2D eigenvalue weighted by Crippen LogP contribution is -2.23. The summed E-state index contributed by atoms with van der Waals surface area (Å²) >= 11 is 0. The minimum Gasteiger partial charge on any atom is -0.372 e. The van der Waals surface area contributed by atoms with Crippen LogP contribution < -0.4 is 15.1 Å². The van der Waals surface area contributed by atoms with Crippen molar-refractivity contribution in [1.29, 1.82) is 0 Å². The summed E-state index contributed by atoms with van der Waals surface area (Å²) in [7, 11) is 0. The molecule has 0 radical (unpaired) electrons. The first-order chi connectivity index (χ1) is 14.1. The SMILES string of the molecule is CCCc1cc(Nc2ccc(N(CC)CC)c(CCC)c2)ccc1N(CC)CC. The van der Waals surface area contributed by atoms with Crippen molar-refractivity contribution in [3.63, 3.8) is 0 Å². The van der Waals surface area contributed by atoms with Gasteiger partial charge in [-0.3, -0.25) is 0 Å². The Morgan fingerprint density at radius 1 is 0.586 bits per heavy atom. The summed E-state index contributed by atoms with van der Waals surface area (Å²) in [4.78, 5) is 4.90. The van der Waals surface area contributed by atoms with E-state index in [0.717, 1.165) is 51.9 Å². The highest BCUT2D eigenvalue weighted by atomic mass is 15.1. The zero-order chi connectivity index (χ0) is 21.2. The van der Waals surface area contributed by atoms with Gasteiger partial charge in [0.05, 0.1) is 0 Å². The van der Waals surface area contributed by atoms with E-state index in [-0.39, 0.29) is 0 Å². The predicted molar refractivity (Wildman–Crippen MR) is 131 cm³/mol. The van der Waals surface area contributed by atoms with Gasteiger partial charge < -0.3 is 15.1 Å². The van der Waals surface area contributed by atoms with E-state index in [2.05, 4.69) is 93.1 Å². The molecule has 0 spiro atoms. The summed E-state index contributed by atoms with van der Waals surface area (Å²) in [6.07, 6.45) is 4.56. The molecule has 0 aliphatic rings. The molecule has 2 rings (SSSR count). The number of benzene rings is 2. The van der Waals surface area contributed by atoms with Crippen LogP contribution >= 0.6 is 0 Å². The van der Waals surface area contributed by atoms with Crippen molar-refractivity contribution in [2.45, 2.75) is 67.2 Å². The second kappa shape index (κ2) is 11.7. The molecule has 0 saturated heterocycles. The largest absolute Gasteiger partial charge is 0.372 e. The molecule has 2 aromatic rings. The number of rotatable bonds is 12. The van der Waals surface area contributed by atoms with E-state index in [1.165, 1.54) is 33.9 Å². The van der Waals surface area contributed by atoms with Gasteiger partial charge in [-0.1, -0.05) is 26.7 Å². The highest BCUT2D eigenvalue weighted by Gasteiger charge is 2.11. The maximum absolute atomic E-state index is 3.67. The van der Waals surface area contributed by atoms with Crippen molar-refractivity contribution >= 4 is 22.7 Å². The molecule has 1 N–H and O–H groups in total. The summed E-state index contributed by atoms with van der Waals surface area (Å²) in [5, 5.41) is 3.67. The van der Waals surface area contributed by atoms with Crippen LogP contribution in [-0.2, 0) is 12.8 Å². The second-order valence-electron chi connectivity index (χ2n) is 7.66. The van der Waals surface area contributed by atoms with Crippen LogP contribution in [0.2, 0.25) is 0 Å². The first kappa shape index (κ1) is 23.1. The monoisotopic (exact) mass is 395 g/mol. The van der Waals surface area contributed by atoms with Crippen LogP contribution in [-0.4, -0.2) is 26.2 Å². The summed E-state index contributed by atoms with van der Waals surface area (Å²) in [6, 6.07) is 13.7. The number of anilines is 4. The van der Waals surface area contributed by atoms with Crippen LogP contribution in [0.15, 0.2) is 36.4 Å². The van der Waals surface area contributed by atoms with Crippen LogP contribution in [0.5, 0.6) is 0 Å². The fourth-order valence-corrected chi connectivity index (χ4v) is 4.18. The van der Waals surface area contributed by atoms with Crippen molar-refractivity contribution < 1.29 is 0 Å². The number of aryl methyl sites for hydroxylation is 2. The van der Waals surface area contributed by atoms with Gasteiger partial charge >= 0.3 is 0 Å². The van der Waals surface area contributed by atoms with Crippen molar-refractivity contribution in [2.24, 2.45) is 0 Å². The topological polar surface area (TPSA) is 18.5 Å². The van der Waals surface area contributed by atoms with Gasteiger partial charge in [-0.15, -0.1) is 0 Å². The molecule has 0 heterocycles. The zero-order valence-corrected chi connectivity index (χ0v) is 19.5. The smallest absolute Gasteiger partial charge is 0.0400 e. The maximum atomic E-state index is 3.67. The van der Waals surface area contributed by atoms with E-state index in [1.807, 2.05) is 0 Å². The number of nitrogens with zero attached hydrogens (tertiary/aromatic N) is 2. The molecule has 0 fully saturated rings. The Hall–Kier alpha value is -2.16. The normalized spacial score (nSPS) is 10.8. The lowest BCUT2D eigenvalue weighted by molar-refractivity contribution is 0.841. The summed E-state index contributed by atoms with van der Waals surface area (Å²) in [5.74, 6) is 0. The highest BCUT2D eigenvalue weighted by Crippen LogP contribution is 2.30. The Morgan fingerprint density at radius 3 is 1.28 bits per heavy atom. The Kier molecular flexibility index (Phi) is 9.37. The van der Waals surface area contributed by atoms with Crippen LogP contribution in [0.3, 0.4) is 0 Å². The Labute approximate surface area is 179 Å². The molecule has 3 nitrogen and oxygen atoms in total. The molecule has 29 heavy (non-hydrogen) atoms. The van der Waals surface area contributed by atoms with Crippen molar-refractivity contribution in [3.05, 3.63) is 47.5 Å².